The third-order valence-corrected chi connectivity index (χ3v) is 10.1. The van der Waals surface area contributed by atoms with Crippen molar-refractivity contribution < 1.29 is 19.1 Å². The molecule has 0 N–H and O–H groups in total. The number of nitrogens with zero attached hydrogens (tertiary/aromatic N) is 8. The first-order chi connectivity index (χ1) is 25.7. The van der Waals surface area contributed by atoms with Crippen LogP contribution in [0.2, 0.25) is 0 Å². The Balaban J connectivity index is 1.13. The molecule has 294 valence electrons. The molecule has 3 aromatic rings. The second-order valence-electron chi connectivity index (χ2n) is 17.2. The number of hydrogen-bond acceptors (Lipinski definition) is 12. The van der Waals surface area contributed by atoms with Crippen molar-refractivity contribution in [3.8, 4) is 0 Å². The molecule has 5 rings (SSSR count). The van der Waals surface area contributed by atoms with Crippen LogP contribution in [-0.2, 0) is 45.4 Å². The summed E-state index contributed by atoms with van der Waals surface area (Å²) < 4.78 is 11.3. The van der Waals surface area contributed by atoms with Gasteiger partial charge in [-0.15, -0.1) is 0 Å². The molecule has 2 aliphatic rings. The van der Waals surface area contributed by atoms with E-state index in [9.17, 15) is 9.59 Å². The van der Waals surface area contributed by atoms with Gasteiger partial charge in [0.15, 0.2) is 0 Å². The molecule has 0 amide bonds. The molecule has 12 nitrogen and oxygen atoms in total. The first kappa shape index (κ1) is 41.0. The number of pyridine rings is 2. The van der Waals surface area contributed by atoms with Crippen LogP contribution in [-0.4, -0.2) is 93.0 Å². The number of likely N-dealkylation sites (N-methyl/N-ethyl adjacent to an activating group) is 2. The first-order valence-corrected chi connectivity index (χ1v) is 19.7. The van der Waals surface area contributed by atoms with Crippen molar-refractivity contribution in [2.24, 2.45) is 10.8 Å². The number of aromatic nitrogens is 4. The van der Waals surface area contributed by atoms with E-state index in [4.69, 9.17) is 29.4 Å². The maximum absolute atomic E-state index is 12.4. The van der Waals surface area contributed by atoms with Gasteiger partial charge in [0.2, 0.25) is 0 Å². The Labute approximate surface area is 322 Å². The zero-order valence-electron chi connectivity index (χ0n) is 33.9. The van der Waals surface area contributed by atoms with Crippen LogP contribution in [0, 0.1) is 10.8 Å². The first-order valence-electron chi connectivity index (χ1n) is 19.7. The Kier molecular flexibility index (Phi) is 14.0. The highest BCUT2D eigenvalue weighted by molar-refractivity contribution is 5.70. The zero-order valence-corrected chi connectivity index (χ0v) is 33.9. The van der Waals surface area contributed by atoms with Gasteiger partial charge in [-0.1, -0.05) is 67.5 Å². The lowest BCUT2D eigenvalue weighted by Gasteiger charge is -2.29. The summed E-state index contributed by atoms with van der Waals surface area (Å²) in [5, 5.41) is 0. The molecule has 0 unspecified atom stereocenters. The van der Waals surface area contributed by atoms with Crippen LogP contribution in [0.15, 0.2) is 49.1 Å². The fraction of sp³-hybridized carbons (Fsp3) is 0.619. The molecule has 5 heterocycles. The zero-order chi connectivity index (χ0) is 38.9. The van der Waals surface area contributed by atoms with E-state index in [1.54, 1.807) is 0 Å². The number of carbonyl (C=O) groups is 2. The minimum atomic E-state index is -0.184. The maximum Gasteiger partial charge on any atom is 0.306 e. The van der Waals surface area contributed by atoms with Crippen LogP contribution in [0.5, 0.6) is 0 Å². The smallest absolute Gasteiger partial charge is 0.306 e. The number of rotatable bonds is 16. The SMILES string of the molecule is CCN(Cc1cnc(CN(CC)[C@@H]2CCN(c3ncccc3COC(=O)CC(C)(C)C)C2)cn1)[C@@H]1CCN(c2ncccc2COC(=O)CC(C)(C)C)C1. The van der Waals surface area contributed by atoms with Gasteiger partial charge in [-0.3, -0.25) is 29.4 Å². The third kappa shape index (κ3) is 11.9. The molecule has 0 spiro atoms. The van der Waals surface area contributed by atoms with Gasteiger partial charge >= 0.3 is 11.9 Å². The Morgan fingerprint density at radius 2 is 1.09 bits per heavy atom. The van der Waals surface area contributed by atoms with Gasteiger partial charge in [-0.05, 0) is 48.9 Å². The average Bonchev–Trinajstić information content (AvgIpc) is 3.82. The van der Waals surface area contributed by atoms with Gasteiger partial charge in [0, 0.05) is 74.9 Å². The third-order valence-electron chi connectivity index (χ3n) is 10.1. The summed E-state index contributed by atoms with van der Waals surface area (Å²) in [6.45, 7) is 23.8. The number of hydrogen-bond donors (Lipinski definition) is 0. The van der Waals surface area contributed by atoms with Crippen LogP contribution in [0.1, 0.15) is 104 Å². The lowest BCUT2D eigenvalue weighted by atomic mass is 9.92. The summed E-state index contributed by atoms with van der Waals surface area (Å²) in [5.74, 6) is 1.42. The fourth-order valence-corrected chi connectivity index (χ4v) is 7.36. The van der Waals surface area contributed by atoms with E-state index < -0.39 is 0 Å². The van der Waals surface area contributed by atoms with Gasteiger partial charge in [0.1, 0.15) is 24.8 Å². The molecule has 2 saturated heterocycles. The average molecular weight is 743 g/mol. The van der Waals surface area contributed by atoms with Gasteiger partial charge in [-0.25, -0.2) is 9.97 Å². The molecule has 12 heteroatoms. The van der Waals surface area contributed by atoms with Gasteiger partial charge < -0.3 is 19.3 Å². The fourth-order valence-electron chi connectivity index (χ4n) is 7.36. The lowest BCUT2D eigenvalue weighted by molar-refractivity contribution is -0.148. The molecular formula is C42H62N8O4. The summed E-state index contributed by atoms with van der Waals surface area (Å²) in [5.41, 5.74) is 3.57. The van der Waals surface area contributed by atoms with Crippen molar-refractivity contribution >= 4 is 23.6 Å². The molecule has 0 aromatic carbocycles. The maximum atomic E-state index is 12.4. The Morgan fingerprint density at radius 3 is 1.44 bits per heavy atom. The van der Waals surface area contributed by atoms with Crippen molar-refractivity contribution in [3.63, 3.8) is 0 Å². The highest BCUT2D eigenvalue weighted by atomic mass is 16.5. The van der Waals surface area contributed by atoms with Crippen molar-refractivity contribution in [2.45, 2.75) is 119 Å². The van der Waals surface area contributed by atoms with E-state index in [-0.39, 0.29) is 36.0 Å². The van der Waals surface area contributed by atoms with Crippen LogP contribution in [0.25, 0.3) is 0 Å². The quantitative estimate of drug-likeness (QED) is 0.151. The second kappa shape index (κ2) is 18.4. The number of anilines is 2. The van der Waals surface area contributed by atoms with Crippen LogP contribution >= 0.6 is 0 Å². The minimum Gasteiger partial charge on any atom is -0.461 e. The normalized spacial score (nSPS) is 17.8. The summed E-state index contributed by atoms with van der Waals surface area (Å²) in [6, 6.07) is 8.52. The molecule has 0 aliphatic carbocycles. The van der Waals surface area contributed by atoms with Crippen LogP contribution < -0.4 is 9.80 Å². The van der Waals surface area contributed by atoms with E-state index in [0.29, 0.717) is 24.9 Å². The molecule has 3 aromatic heterocycles. The molecule has 2 atom stereocenters. The van der Waals surface area contributed by atoms with Crippen molar-refractivity contribution in [3.05, 3.63) is 71.6 Å². The summed E-state index contributed by atoms with van der Waals surface area (Å²) in [4.78, 5) is 53.5. The topological polar surface area (TPSA) is 117 Å². The molecule has 0 saturated carbocycles. The van der Waals surface area contributed by atoms with Crippen LogP contribution in [0.4, 0.5) is 11.6 Å². The standard InChI is InChI=1S/C42H62N8O4/c1-9-47(35-15-19-49(27-35)39-31(13-11-17-43-39)29-53-37(51)21-41(3,4)5)25-33-23-46-34(24-45-33)26-48(10-2)36-16-20-50(28-36)40-32(14-12-18-44-40)30-54-38(52)22-42(6,7)8/h11-14,17-18,23-24,35-36H,9-10,15-16,19-22,25-30H2,1-8H3/t35-,36-/m1/s1. The van der Waals surface area contributed by atoms with Gasteiger partial charge in [-0.2, -0.15) is 0 Å². The Morgan fingerprint density at radius 1 is 0.685 bits per heavy atom. The minimum absolute atomic E-state index is 0.112. The lowest BCUT2D eigenvalue weighted by Crippen LogP contribution is -2.38. The monoisotopic (exact) mass is 742 g/mol. The van der Waals surface area contributed by atoms with Gasteiger partial charge in [0.25, 0.3) is 0 Å². The molecule has 0 bridgehead atoms. The van der Waals surface area contributed by atoms with E-state index in [1.165, 1.54) is 0 Å². The number of ether oxygens (including phenoxy) is 2. The molecule has 54 heavy (non-hydrogen) atoms. The number of esters is 2. The molecule has 0 radical (unpaired) electrons. The van der Waals surface area contributed by atoms with E-state index >= 15 is 0 Å². The molecular weight excluding hydrogens is 681 g/mol. The summed E-state index contributed by atoms with van der Waals surface area (Å²) in [7, 11) is 0. The van der Waals surface area contributed by atoms with E-state index in [0.717, 1.165) is 99.4 Å². The van der Waals surface area contributed by atoms with E-state index in [1.807, 2.05) is 90.6 Å². The Bertz CT molecular complexity index is 1550. The summed E-state index contributed by atoms with van der Waals surface area (Å²) >= 11 is 0. The highest BCUT2D eigenvalue weighted by Crippen LogP contribution is 2.28. The molecule has 2 fully saturated rings. The van der Waals surface area contributed by atoms with Crippen molar-refractivity contribution in [2.75, 3.05) is 49.1 Å². The Hall–Kier alpha value is -4.16. The highest BCUT2D eigenvalue weighted by Gasteiger charge is 2.31. The van der Waals surface area contributed by atoms with Crippen LogP contribution in [0.3, 0.4) is 0 Å². The van der Waals surface area contributed by atoms with Crippen molar-refractivity contribution in [1.82, 2.24) is 29.7 Å². The predicted octanol–water partition coefficient (Wildman–Crippen LogP) is 6.43. The predicted molar refractivity (Wildman–Crippen MR) is 212 cm³/mol. The summed E-state index contributed by atoms with van der Waals surface area (Å²) in [6.07, 6.45) is 10.3. The van der Waals surface area contributed by atoms with E-state index in [2.05, 4.69) is 33.4 Å². The van der Waals surface area contributed by atoms with Gasteiger partial charge in [0.05, 0.1) is 36.6 Å². The van der Waals surface area contributed by atoms with Crippen molar-refractivity contribution in [1.29, 1.82) is 0 Å². The number of carbonyl (C=O) groups excluding carboxylic acids is 2. The largest absolute Gasteiger partial charge is 0.461 e. The second-order valence-corrected chi connectivity index (χ2v) is 17.2. The molecule has 2 aliphatic heterocycles.